The van der Waals surface area contributed by atoms with E-state index in [4.69, 9.17) is 27.8 Å². The topological polar surface area (TPSA) is 67.4 Å². The van der Waals surface area contributed by atoms with E-state index in [0.29, 0.717) is 6.61 Å². The number of rotatable bonds is 11. The van der Waals surface area contributed by atoms with Crippen molar-refractivity contribution >= 4 is 8.60 Å². The summed E-state index contributed by atoms with van der Waals surface area (Å²) in [6.45, 7) is 7.69. The van der Waals surface area contributed by atoms with Crippen molar-refractivity contribution in [3.8, 4) is 0 Å². The number of benzene rings is 1. The summed E-state index contributed by atoms with van der Waals surface area (Å²) in [5, 5.41) is 3.61. The van der Waals surface area contributed by atoms with Gasteiger partial charge in [-0.3, -0.25) is 0 Å². The van der Waals surface area contributed by atoms with Crippen LogP contribution >= 0.6 is 8.60 Å². The number of hydrogen-bond donors (Lipinski definition) is 1. The van der Waals surface area contributed by atoms with Gasteiger partial charge in [0.1, 0.15) is 12.2 Å². The highest BCUT2D eigenvalue weighted by molar-refractivity contribution is 7.41. The second-order valence-corrected chi connectivity index (χ2v) is 10.6. The van der Waals surface area contributed by atoms with E-state index in [2.05, 4.69) is 50.4 Å². The van der Waals surface area contributed by atoms with Gasteiger partial charge in [0.05, 0.1) is 37.1 Å². The molecule has 0 spiro atoms. The van der Waals surface area contributed by atoms with Crippen molar-refractivity contribution < 1.29 is 27.8 Å². The highest BCUT2D eigenvalue weighted by atomic mass is 31.2. The number of nitrogens with one attached hydrogen (secondary N) is 1. The van der Waals surface area contributed by atoms with E-state index in [1.165, 1.54) is 0 Å². The van der Waals surface area contributed by atoms with Gasteiger partial charge in [0.25, 0.3) is 0 Å². The molecule has 0 saturated carbocycles. The van der Waals surface area contributed by atoms with Crippen molar-refractivity contribution in [2.24, 2.45) is 0 Å². The van der Waals surface area contributed by atoms with Crippen LogP contribution in [-0.4, -0.2) is 62.9 Å². The highest BCUT2D eigenvalue weighted by Crippen LogP contribution is 2.50. The van der Waals surface area contributed by atoms with Crippen LogP contribution in [0.5, 0.6) is 0 Å². The Morgan fingerprint density at radius 3 is 2.45 bits per heavy atom. The lowest BCUT2D eigenvalue weighted by Gasteiger charge is -2.30. The molecule has 33 heavy (non-hydrogen) atoms. The molecule has 9 atom stereocenters. The van der Waals surface area contributed by atoms with Gasteiger partial charge in [-0.05, 0) is 45.2 Å². The van der Waals surface area contributed by atoms with Crippen LogP contribution in [0.3, 0.4) is 0 Å². The third kappa shape index (κ3) is 6.74. The van der Waals surface area contributed by atoms with Crippen LogP contribution in [0.1, 0.15) is 64.5 Å². The normalized spacial score (nSPS) is 36.3. The molecule has 0 aliphatic carbocycles. The van der Waals surface area contributed by atoms with Crippen molar-refractivity contribution in [3.63, 3.8) is 0 Å². The Labute approximate surface area is 199 Å². The zero-order chi connectivity index (χ0) is 23.2. The van der Waals surface area contributed by atoms with Crippen LogP contribution in [0.25, 0.3) is 0 Å². The molecule has 4 rings (SSSR count). The minimum absolute atomic E-state index is 0.0245. The summed E-state index contributed by atoms with van der Waals surface area (Å²) >= 11 is 0. The molecular formula is C25H40NO6P. The summed E-state index contributed by atoms with van der Waals surface area (Å²) in [4.78, 5) is 0. The van der Waals surface area contributed by atoms with E-state index in [9.17, 15) is 0 Å². The SMILES string of the molecule is CC[C@H]1O[C@@H](C)CC1O[P@@](OC[C@H]1O[C@@H](C)CC1OC)O[C@H](c1ccccc1)C1CCCN1. The summed E-state index contributed by atoms with van der Waals surface area (Å²) < 4.78 is 37.3. The molecule has 1 N–H and O–H groups in total. The Kier molecular flexibility index (Phi) is 9.54. The van der Waals surface area contributed by atoms with Gasteiger partial charge in [-0.25, -0.2) is 0 Å². The molecule has 3 saturated heterocycles. The maximum Gasteiger partial charge on any atom is 0.333 e. The van der Waals surface area contributed by atoms with Gasteiger partial charge in [0.15, 0.2) is 0 Å². The van der Waals surface area contributed by atoms with E-state index < -0.39 is 8.60 Å². The maximum atomic E-state index is 6.67. The summed E-state index contributed by atoms with van der Waals surface area (Å²) in [6, 6.07) is 10.6. The molecule has 0 bridgehead atoms. The van der Waals surface area contributed by atoms with Crippen molar-refractivity contribution in [2.45, 2.75) is 102 Å². The van der Waals surface area contributed by atoms with Crippen molar-refractivity contribution in [3.05, 3.63) is 35.9 Å². The molecule has 1 aromatic carbocycles. The first kappa shape index (κ1) is 25.5. The van der Waals surface area contributed by atoms with E-state index in [-0.39, 0.29) is 48.8 Å². The van der Waals surface area contributed by atoms with Gasteiger partial charge in [-0.15, -0.1) is 0 Å². The van der Waals surface area contributed by atoms with Gasteiger partial charge in [0.2, 0.25) is 0 Å². The van der Waals surface area contributed by atoms with Gasteiger partial charge < -0.3 is 33.1 Å². The molecule has 186 valence electrons. The molecule has 3 aliphatic heterocycles. The predicted molar refractivity (Wildman–Crippen MR) is 128 cm³/mol. The van der Waals surface area contributed by atoms with E-state index in [1.807, 2.05) is 6.07 Å². The smallest absolute Gasteiger partial charge is 0.333 e. The van der Waals surface area contributed by atoms with E-state index in [1.54, 1.807) is 7.11 Å². The molecule has 3 unspecified atom stereocenters. The third-order valence-corrected chi connectivity index (χ3v) is 8.04. The average Bonchev–Trinajstić information content (AvgIpc) is 3.56. The fourth-order valence-corrected chi connectivity index (χ4v) is 6.45. The Morgan fingerprint density at radius 1 is 1.06 bits per heavy atom. The van der Waals surface area contributed by atoms with Gasteiger partial charge in [-0.1, -0.05) is 37.3 Å². The maximum absolute atomic E-state index is 6.67. The molecular weight excluding hydrogens is 441 g/mol. The first-order valence-electron chi connectivity index (χ1n) is 12.5. The minimum Gasteiger partial charge on any atom is -0.379 e. The quantitative estimate of drug-likeness (QED) is 0.451. The fraction of sp³-hybridized carbons (Fsp3) is 0.760. The van der Waals surface area contributed by atoms with Gasteiger partial charge >= 0.3 is 8.60 Å². The largest absolute Gasteiger partial charge is 0.379 e. The minimum atomic E-state index is -1.61. The average molecular weight is 482 g/mol. The van der Waals surface area contributed by atoms with Crippen molar-refractivity contribution in [2.75, 3.05) is 20.3 Å². The Hall–Kier alpha value is -0.630. The summed E-state index contributed by atoms with van der Waals surface area (Å²) in [6.07, 6.45) is 4.95. The lowest BCUT2D eigenvalue weighted by molar-refractivity contribution is -0.0367. The standard InChI is InChI=1S/C25H40NO6P/c1-5-21-23(15-18(3)29-21)31-33(28-16-24-22(27-4)14-17(2)30-24)32-25(20-12-9-13-26-20)19-10-7-6-8-11-19/h6-8,10-11,17-18,20-26H,5,9,12-16H2,1-4H3/t17-,18-,20?,21+,22?,23?,24+,25+,33+/m0/s1. The fourth-order valence-electron chi connectivity index (χ4n) is 5.11. The first-order chi connectivity index (χ1) is 16.1. The Morgan fingerprint density at radius 2 is 1.79 bits per heavy atom. The molecule has 0 amide bonds. The van der Waals surface area contributed by atoms with Crippen LogP contribution in [0.4, 0.5) is 0 Å². The zero-order valence-electron chi connectivity index (χ0n) is 20.4. The second-order valence-electron chi connectivity index (χ2n) is 9.43. The lowest BCUT2D eigenvalue weighted by Crippen LogP contribution is -2.32. The highest BCUT2D eigenvalue weighted by Gasteiger charge is 2.39. The molecule has 3 aliphatic rings. The van der Waals surface area contributed by atoms with E-state index in [0.717, 1.165) is 44.2 Å². The second kappa shape index (κ2) is 12.4. The van der Waals surface area contributed by atoms with E-state index >= 15 is 0 Å². The van der Waals surface area contributed by atoms with Crippen LogP contribution in [-0.2, 0) is 27.8 Å². The summed E-state index contributed by atoms with van der Waals surface area (Å²) in [5.74, 6) is 0. The molecule has 8 heteroatoms. The van der Waals surface area contributed by atoms with Gasteiger partial charge in [0, 0.05) is 26.0 Å². The monoisotopic (exact) mass is 481 g/mol. The Bertz CT molecular complexity index is 705. The molecule has 0 radical (unpaired) electrons. The molecule has 3 fully saturated rings. The Balaban J connectivity index is 1.49. The molecule has 1 aromatic rings. The number of ether oxygens (including phenoxy) is 3. The molecule has 7 nitrogen and oxygen atoms in total. The zero-order valence-corrected chi connectivity index (χ0v) is 21.2. The van der Waals surface area contributed by atoms with Crippen LogP contribution in [0, 0.1) is 0 Å². The lowest BCUT2D eigenvalue weighted by atomic mass is 10.0. The van der Waals surface area contributed by atoms with Crippen molar-refractivity contribution in [1.29, 1.82) is 0 Å². The predicted octanol–water partition coefficient (Wildman–Crippen LogP) is 4.90. The third-order valence-electron chi connectivity index (χ3n) is 6.83. The summed E-state index contributed by atoms with van der Waals surface area (Å²) in [7, 11) is 0.119. The summed E-state index contributed by atoms with van der Waals surface area (Å²) in [5.41, 5.74) is 1.14. The molecule has 0 aromatic heterocycles. The number of hydrogen-bond acceptors (Lipinski definition) is 7. The first-order valence-corrected chi connectivity index (χ1v) is 13.6. The number of methoxy groups -OCH3 is 1. The van der Waals surface area contributed by atoms with Gasteiger partial charge in [-0.2, -0.15) is 0 Å². The van der Waals surface area contributed by atoms with Crippen LogP contribution in [0.15, 0.2) is 30.3 Å². The van der Waals surface area contributed by atoms with Crippen LogP contribution < -0.4 is 5.32 Å². The van der Waals surface area contributed by atoms with Crippen LogP contribution in [0.2, 0.25) is 0 Å². The molecule has 3 heterocycles. The van der Waals surface area contributed by atoms with Crippen molar-refractivity contribution in [1.82, 2.24) is 5.32 Å².